The van der Waals surface area contributed by atoms with Crippen molar-refractivity contribution in [2.24, 2.45) is 0 Å². The van der Waals surface area contributed by atoms with Crippen LogP contribution < -0.4 is 10.1 Å². The molecule has 0 unspecified atom stereocenters. The van der Waals surface area contributed by atoms with Crippen LogP contribution in [0.1, 0.15) is 56.3 Å². The van der Waals surface area contributed by atoms with Gasteiger partial charge in [0, 0.05) is 43.4 Å². The molecule has 1 N–H and O–H groups in total. The van der Waals surface area contributed by atoms with Gasteiger partial charge in [-0.2, -0.15) is 0 Å². The Labute approximate surface area is 137 Å². The van der Waals surface area contributed by atoms with Crippen LogP contribution in [0.15, 0.2) is 36.9 Å². The molecule has 5 heteroatoms. The van der Waals surface area contributed by atoms with Crippen molar-refractivity contribution in [2.75, 3.05) is 0 Å². The summed E-state index contributed by atoms with van der Waals surface area (Å²) in [5.41, 5.74) is 2.08. The van der Waals surface area contributed by atoms with Gasteiger partial charge in [0.15, 0.2) is 0 Å². The van der Waals surface area contributed by atoms with Gasteiger partial charge in [-0.25, -0.2) is 4.98 Å². The summed E-state index contributed by atoms with van der Waals surface area (Å²) in [5, 5.41) is 3.43. The van der Waals surface area contributed by atoms with Crippen LogP contribution in [0.3, 0.4) is 0 Å². The highest BCUT2D eigenvalue weighted by molar-refractivity contribution is 5.18. The second kappa shape index (κ2) is 8.02. The summed E-state index contributed by atoms with van der Waals surface area (Å²) in [7, 11) is 0. The second-order valence-electron chi connectivity index (χ2n) is 6.12. The standard InChI is InChI=1S/C18H24N4O/c1-14(17-13-19-9-10-20-17)21-11-15-7-8-18(22-12-15)23-16-5-3-2-4-6-16/h7-10,12-14,16,21H,2-6,11H2,1H3/t14-/m1/s1. The minimum absolute atomic E-state index is 0.155. The number of hydrogen-bond donors (Lipinski definition) is 1. The lowest BCUT2D eigenvalue weighted by atomic mass is 9.98. The van der Waals surface area contributed by atoms with Gasteiger partial charge in [-0.15, -0.1) is 0 Å². The molecular weight excluding hydrogens is 288 g/mol. The summed E-state index contributed by atoms with van der Waals surface area (Å²) in [6, 6.07) is 4.20. The highest BCUT2D eigenvalue weighted by Gasteiger charge is 2.15. The van der Waals surface area contributed by atoms with Crippen molar-refractivity contribution in [1.82, 2.24) is 20.3 Å². The Morgan fingerprint density at radius 2 is 2.00 bits per heavy atom. The van der Waals surface area contributed by atoms with Crippen LogP contribution in [0.4, 0.5) is 0 Å². The molecule has 2 aromatic rings. The Kier molecular flexibility index (Phi) is 5.53. The lowest BCUT2D eigenvalue weighted by molar-refractivity contribution is 0.148. The van der Waals surface area contributed by atoms with E-state index in [0.717, 1.165) is 36.5 Å². The quantitative estimate of drug-likeness (QED) is 0.885. The maximum atomic E-state index is 5.96. The number of nitrogens with one attached hydrogen (secondary N) is 1. The van der Waals surface area contributed by atoms with Crippen molar-refractivity contribution in [3.63, 3.8) is 0 Å². The predicted octanol–water partition coefficient (Wildman–Crippen LogP) is 3.43. The number of nitrogens with zero attached hydrogens (tertiary/aromatic N) is 3. The first-order valence-electron chi connectivity index (χ1n) is 8.42. The highest BCUT2D eigenvalue weighted by atomic mass is 16.5. The molecule has 1 aliphatic rings. The van der Waals surface area contributed by atoms with Gasteiger partial charge in [-0.05, 0) is 38.2 Å². The Morgan fingerprint density at radius 3 is 2.70 bits per heavy atom. The third-order valence-electron chi connectivity index (χ3n) is 4.28. The molecule has 0 spiro atoms. The van der Waals surface area contributed by atoms with Crippen LogP contribution in [0, 0.1) is 0 Å². The monoisotopic (exact) mass is 312 g/mol. The van der Waals surface area contributed by atoms with E-state index in [1.165, 1.54) is 19.3 Å². The normalized spacial score (nSPS) is 16.9. The molecule has 0 aliphatic heterocycles. The van der Waals surface area contributed by atoms with Gasteiger partial charge in [0.05, 0.1) is 5.69 Å². The first kappa shape index (κ1) is 15.9. The summed E-state index contributed by atoms with van der Waals surface area (Å²) in [6.07, 6.45) is 13.6. The molecule has 0 amide bonds. The fourth-order valence-electron chi connectivity index (χ4n) is 2.85. The predicted molar refractivity (Wildman–Crippen MR) is 89.0 cm³/mol. The topological polar surface area (TPSA) is 59.9 Å². The molecule has 5 nitrogen and oxygen atoms in total. The van der Waals surface area contributed by atoms with E-state index in [1.54, 1.807) is 18.6 Å². The van der Waals surface area contributed by atoms with Crippen LogP contribution in [0.2, 0.25) is 0 Å². The van der Waals surface area contributed by atoms with Gasteiger partial charge in [0.1, 0.15) is 6.10 Å². The van der Waals surface area contributed by atoms with Gasteiger partial charge < -0.3 is 10.1 Å². The molecule has 1 saturated carbocycles. The molecule has 2 heterocycles. The summed E-state index contributed by atoms with van der Waals surface area (Å²) >= 11 is 0. The van der Waals surface area contributed by atoms with Crippen molar-refractivity contribution in [3.05, 3.63) is 48.2 Å². The van der Waals surface area contributed by atoms with E-state index in [4.69, 9.17) is 4.74 Å². The van der Waals surface area contributed by atoms with Gasteiger partial charge in [0.25, 0.3) is 0 Å². The smallest absolute Gasteiger partial charge is 0.213 e. The molecule has 0 saturated heterocycles. The molecule has 0 radical (unpaired) electrons. The summed E-state index contributed by atoms with van der Waals surface area (Å²) in [6.45, 7) is 2.83. The lowest BCUT2D eigenvalue weighted by Gasteiger charge is -2.22. The Bertz CT molecular complexity index is 582. The van der Waals surface area contributed by atoms with E-state index >= 15 is 0 Å². The molecule has 0 aromatic carbocycles. The Hall–Kier alpha value is -2.01. The maximum absolute atomic E-state index is 5.96. The van der Waals surface area contributed by atoms with E-state index in [2.05, 4.69) is 33.3 Å². The average molecular weight is 312 g/mol. The highest BCUT2D eigenvalue weighted by Crippen LogP contribution is 2.22. The zero-order chi connectivity index (χ0) is 15.9. The van der Waals surface area contributed by atoms with Crippen molar-refractivity contribution in [1.29, 1.82) is 0 Å². The fraction of sp³-hybridized carbons (Fsp3) is 0.500. The SMILES string of the molecule is C[C@@H](NCc1ccc(OC2CCCCC2)nc1)c1cnccn1. The number of aromatic nitrogens is 3. The summed E-state index contributed by atoms with van der Waals surface area (Å²) < 4.78 is 5.96. The van der Waals surface area contributed by atoms with Crippen LogP contribution in [0.25, 0.3) is 0 Å². The van der Waals surface area contributed by atoms with E-state index in [1.807, 2.05) is 12.3 Å². The van der Waals surface area contributed by atoms with E-state index in [-0.39, 0.29) is 6.04 Å². The van der Waals surface area contributed by atoms with Gasteiger partial charge in [0.2, 0.25) is 5.88 Å². The first-order chi connectivity index (χ1) is 11.3. The fourth-order valence-corrected chi connectivity index (χ4v) is 2.85. The molecule has 1 fully saturated rings. The van der Waals surface area contributed by atoms with Crippen LogP contribution in [-0.4, -0.2) is 21.1 Å². The van der Waals surface area contributed by atoms with Crippen molar-refractivity contribution in [2.45, 2.75) is 57.7 Å². The Balaban J connectivity index is 1.49. The molecule has 1 atom stereocenters. The van der Waals surface area contributed by atoms with Gasteiger partial charge >= 0.3 is 0 Å². The molecule has 122 valence electrons. The zero-order valence-electron chi connectivity index (χ0n) is 13.6. The molecule has 0 bridgehead atoms. The van der Waals surface area contributed by atoms with Crippen LogP contribution >= 0.6 is 0 Å². The van der Waals surface area contributed by atoms with E-state index < -0.39 is 0 Å². The van der Waals surface area contributed by atoms with Crippen LogP contribution in [-0.2, 0) is 6.54 Å². The molecule has 2 aromatic heterocycles. The third-order valence-corrected chi connectivity index (χ3v) is 4.28. The number of rotatable bonds is 6. The van der Waals surface area contributed by atoms with Crippen molar-refractivity contribution in [3.8, 4) is 5.88 Å². The molecular formula is C18H24N4O. The maximum Gasteiger partial charge on any atom is 0.213 e. The Morgan fingerprint density at radius 1 is 1.13 bits per heavy atom. The number of pyridine rings is 1. The van der Waals surface area contributed by atoms with Gasteiger partial charge in [-0.1, -0.05) is 12.5 Å². The van der Waals surface area contributed by atoms with Gasteiger partial charge in [-0.3, -0.25) is 9.97 Å². The minimum Gasteiger partial charge on any atom is -0.474 e. The largest absolute Gasteiger partial charge is 0.474 e. The van der Waals surface area contributed by atoms with E-state index in [9.17, 15) is 0 Å². The summed E-state index contributed by atoms with van der Waals surface area (Å²) in [5.74, 6) is 0.739. The second-order valence-corrected chi connectivity index (χ2v) is 6.12. The first-order valence-corrected chi connectivity index (χ1v) is 8.42. The molecule has 1 aliphatic carbocycles. The zero-order valence-corrected chi connectivity index (χ0v) is 13.6. The van der Waals surface area contributed by atoms with Crippen molar-refractivity contribution < 1.29 is 4.74 Å². The molecule has 3 rings (SSSR count). The van der Waals surface area contributed by atoms with E-state index in [0.29, 0.717) is 6.10 Å². The number of hydrogen-bond acceptors (Lipinski definition) is 5. The molecule has 23 heavy (non-hydrogen) atoms. The summed E-state index contributed by atoms with van der Waals surface area (Å²) in [4.78, 5) is 12.8. The third kappa shape index (κ3) is 4.73. The van der Waals surface area contributed by atoms with Crippen LogP contribution in [0.5, 0.6) is 5.88 Å². The number of ether oxygens (including phenoxy) is 1. The minimum atomic E-state index is 0.155. The lowest BCUT2D eigenvalue weighted by Crippen LogP contribution is -2.20. The van der Waals surface area contributed by atoms with Crippen molar-refractivity contribution >= 4 is 0 Å². The average Bonchev–Trinajstić information content (AvgIpc) is 2.62.